The first-order valence-electron chi connectivity index (χ1n) is 18.9. The van der Waals surface area contributed by atoms with E-state index in [0.717, 1.165) is 56.3 Å². The Morgan fingerprint density at radius 1 is 0.922 bits per heavy atom. The molecule has 11 heteroatoms. The minimum atomic E-state index is -0.752. The molecule has 0 aromatic heterocycles. The van der Waals surface area contributed by atoms with E-state index in [4.69, 9.17) is 4.74 Å². The third-order valence-corrected chi connectivity index (χ3v) is 10.9. The van der Waals surface area contributed by atoms with Crippen molar-refractivity contribution in [1.82, 2.24) is 14.7 Å². The van der Waals surface area contributed by atoms with Crippen molar-refractivity contribution in [2.24, 2.45) is 23.7 Å². The molecular weight excluding hydrogens is 651 g/mol. The van der Waals surface area contributed by atoms with Crippen LogP contribution in [-0.2, 0) is 19.1 Å². The number of likely N-dealkylation sites (N-methyl/N-ethyl adjacent to an activating group) is 1. The van der Waals surface area contributed by atoms with Crippen LogP contribution in [0.3, 0.4) is 0 Å². The molecule has 0 unspecified atom stereocenters. The quantitative estimate of drug-likeness (QED) is 0.186. The van der Waals surface area contributed by atoms with E-state index in [1.54, 1.807) is 4.90 Å². The van der Waals surface area contributed by atoms with Crippen molar-refractivity contribution < 1.29 is 33.4 Å². The van der Waals surface area contributed by atoms with Crippen LogP contribution in [0.5, 0.6) is 0 Å². The maximum Gasteiger partial charge on any atom is 0.410 e. The van der Waals surface area contributed by atoms with E-state index in [1.807, 2.05) is 57.0 Å². The molecule has 2 saturated heterocycles. The highest BCUT2D eigenvalue weighted by Crippen LogP contribution is 2.29. The monoisotopic (exact) mass is 710 g/mol. The van der Waals surface area contributed by atoms with E-state index < -0.39 is 24.2 Å². The number of hydrogen-bond donors (Lipinski definition) is 1. The fourth-order valence-electron chi connectivity index (χ4n) is 7.44. The number of rotatable bonds is 15. The summed E-state index contributed by atoms with van der Waals surface area (Å²) in [5.74, 6) is -0.851. The topological polar surface area (TPSA) is 111 Å². The van der Waals surface area contributed by atoms with E-state index in [2.05, 4.69) is 9.80 Å². The molecular formula is C40H59FN4O6. The number of aldehydes is 2. The average Bonchev–Trinajstić information content (AvgIpc) is 3.12. The highest BCUT2D eigenvalue weighted by molar-refractivity contribution is 5.79. The molecule has 10 nitrogen and oxygen atoms in total. The van der Waals surface area contributed by atoms with E-state index in [9.17, 15) is 28.7 Å². The Hall–Kier alpha value is -3.57. The maximum absolute atomic E-state index is 14.9. The predicted octanol–water partition coefficient (Wildman–Crippen LogP) is 5.58. The fraction of sp³-hybridized carbons (Fsp3) is 0.650. The van der Waals surface area contributed by atoms with Gasteiger partial charge in [-0.25, -0.2) is 9.18 Å². The first kappa shape index (κ1) is 40.2. The highest BCUT2D eigenvalue weighted by atomic mass is 19.1. The van der Waals surface area contributed by atoms with Gasteiger partial charge in [0.25, 0.3) is 0 Å². The number of aliphatic hydroxyl groups is 1. The second-order valence-electron chi connectivity index (χ2n) is 14.9. The summed E-state index contributed by atoms with van der Waals surface area (Å²) < 4.78 is 20.9. The van der Waals surface area contributed by atoms with Gasteiger partial charge in [-0.3, -0.25) is 4.79 Å². The van der Waals surface area contributed by atoms with E-state index in [1.165, 1.54) is 18.6 Å². The molecule has 2 amide bonds. The third kappa shape index (κ3) is 12.0. The Kier molecular flexibility index (Phi) is 15.7. The summed E-state index contributed by atoms with van der Waals surface area (Å²) in [5, 5.41) is 10.1. The van der Waals surface area contributed by atoms with Crippen molar-refractivity contribution in [3.63, 3.8) is 0 Å². The Labute approximate surface area is 303 Å². The lowest BCUT2D eigenvalue weighted by atomic mass is 9.86. The number of hydrogen-bond acceptors (Lipinski definition) is 8. The summed E-state index contributed by atoms with van der Waals surface area (Å²) in [6, 6.07) is 4.92. The zero-order valence-electron chi connectivity index (χ0n) is 31.1. The number of allylic oxidation sites excluding steroid dienone is 2. The van der Waals surface area contributed by atoms with Crippen molar-refractivity contribution in [3.8, 4) is 0 Å². The number of carbonyl (C=O) groups excluding carboxylic acids is 4. The van der Waals surface area contributed by atoms with E-state index >= 15 is 0 Å². The molecule has 1 aromatic rings. The van der Waals surface area contributed by atoms with Crippen molar-refractivity contribution in [1.29, 1.82) is 0 Å². The summed E-state index contributed by atoms with van der Waals surface area (Å²) in [6.07, 6.45) is 11.8. The Bertz CT molecular complexity index is 1360. The fourth-order valence-corrected chi connectivity index (χ4v) is 7.44. The molecule has 0 bridgehead atoms. The summed E-state index contributed by atoms with van der Waals surface area (Å²) in [6.45, 7) is 10.9. The molecule has 1 N–H and O–H groups in total. The number of amides is 2. The summed E-state index contributed by atoms with van der Waals surface area (Å²) in [5.41, 5.74) is 2.19. The number of halogens is 1. The third-order valence-electron chi connectivity index (χ3n) is 10.9. The van der Waals surface area contributed by atoms with E-state index in [0.29, 0.717) is 64.0 Å². The molecule has 5 atom stereocenters. The van der Waals surface area contributed by atoms with Crippen LogP contribution in [0.15, 0.2) is 35.9 Å². The molecule has 3 aliphatic rings. The van der Waals surface area contributed by atoms with Crippen LogP contribution in [0.2, 0.25) is 0 Å². The molecule has 2 heterocycles. The Balaban J connectivity index is 1.42. The van der Waals surface area contributed by atoms with Gasteiger partial charge in [-0.2, -0.15) is 0 Å². The second-order valence-corrected chi connectivity index (χ2v) is 14.9. The lowest BCUT2D eigenvalue weighted by Gasteiger charge is -2.38. The molecule has 1 aliphatic carbocycles. The van der Waals surface area contributed by atoms with Gasteiger partial charge in [-0.15, -0.1) is 0 Å². The molecule has 51 heavy (non-hydrogen) atoms. The maximum atomic E-state index is 14.9. The highest BCUT2D eigenvalue weighted by Gasteiger charge is 2.29. The zero-order valence-corrected chi connectivity index (χ0v) is 31.1. The average molecular weight is 711 g/mol. The summed E-state index contributed by atoms with van der Waals surface area (Å²) >= 11 is 0. The first-order valence-corrected chi connectivity index (χ1v) is 18.9. The zero-order chi connectivity index (χ0) is 36.9. The number of anilines is 1. The van der Waals surface area contributed by atoms with Crippen LogP contribution in [-0.4, -0.2) is 116 Å². The van der Waals surface area contributed by atoms with Crippen LogP contribution in [0.25, 0.3) is 6.08 Å². The predicted molar refractivity (Wildman–Crippen MR) is 198 cm³/mol. The van der Waals surface area contributed by atoms with Gasteiger partial charge in [0.15, 0.2) is 0 Å². The number of piperazine rings is 2. The molecule has 0 spiro atoms. The van der Waals surface area contributed by atoms with Crippen LogP contribution in [0.4, 0.5) is 14.9 Å². The number of nitrogens with zero attached hydrogens (tertiary/aromatic N) is 4. The number of benzene rings is 1. The molecule has 2 aliphatic heterocycles. The lowest BCUT2D eigenvalue weighted by Crippen LogP contribution is -2.50. The van der Waals surface area contributed by atoms with Crippen molar-refractivity contribution >= 4 is 36.3 Å². The molecule has 0 radical (unpaired) electrons. The minimum absolute atomic E-state index is 0.0583. The van der Waals surface area contributed by atoms with Gasteiger partial charge in [0.05, 0.1) is 6.10 Å². The second kappa shape index (κ2) is 19.9. The van der Waals surface area contributed by atoms with Gasteiger partial charge in [0.1, 0.15) is 24.5 Å². The first-order chi connectivity index (χ1) is 24.5. The van der Waals surface area contributed by atoms with E-state index in [-0.39, 0.29) is 35.9 Å². The Morgan fingerprint density at radius 3 is 2.24 bits per heavy atom. The van der Waals surface area contributed by atoms with Crippen molar-refractivity contribution in [2.75, 3.05) is 64.3 Å². The molecule has 4 rings (SSSR count). The van der Waals surface area contributed by atoms with Gasteiger partial charge >= 0.3 is 6.09 Å². The number of carbonyl (C=O) groups is 4. The van der Waals surface area contributed by atoms with Crippen LogP contribution in [0, 0.1) is 29.5 Å². The molecule has 282 valence electrons. The number of aliphatic hydroxyl groups excluding tert-OH is 1. The number of ether oxygens (including phenoxy) is 1. The lowest BCUT2D eigenvalue weighted by molar-refractivity contribution is -0.136. The standard InChI is InChI=1S/C40H59FN4O6/c1-29(11-13-38(30(2)10-12-36(48)14-23-46)51-40(50)45-17-15-42(4)16-18-45)37(28-47)31(3)24-32-25-34(41)27-35(26-32)43-19-21-44(22-20-43)39(49)33-8-6-5-7-9-33/h11,13,23-30,33,36-38,48H,5-10,12,14-22H2,1-4H3/b13-11+,31-24+/t29-,30-,36+,37-,38-/m0/s1. The van der Waals surface area contributed by atoms with Crippen molar-refractivity contribution in [3.05, 3.63) is 47.3 Å². The smallest absolute Gasteiger partial charge is 0.410 e. The minimum Gasteiger partial charge on any atom is -0.442 e. The molecule has 1 saturated carbocycles. The van der Waals surface area contributed by atoms with Gasteiger partial charge < -0.3 is 39.0 Å². The van der Waals surface area contributed by atoms with Crippen LogP contribution >= 0.6 is 0 Å². The van der Waals surface area contributed by atoms with Gasteiger partial charge in [0, 0.05) is 76.3 Å². The van der Waals surface area contributed by atoms with Gasteiger partial charge in [0.2, 0.25) is 5.91 Å². The van der Waals surface area contributed by atoms with Crippen LogP contribution in [0.1, 0.15) is 77.7 Å². The molecule has 3 fully saturated rings. The largest absolute Gasteiger partial charge is 0.442 e. The SMILES string of the molecule is C/C(=C\c1cc(F)cc(N2CCN(C(=O)C3CCCCC3)CC2)c1)[C@@H](C=O)[C@@H](C)/C=C/[C@H](OC(=O)N1CCN(C)CC1)[C@@H](C)CC[C@@H](O)CC=O. The van der Waals surface area contributed by atoms with Crippen LogP contribution < -0.4 is 4.90 Å². The summed E-state index contributed by atoms with van der Waals surface area (Å²) in [7, 11) is 2.01. The van der Waals surface area contributed by atoms with Gasteiger partial charge in [-0.1, -0.05) is 50.8 Å². The molecule has 1 aromatic carbocycles. The van der Waals surface area contributed by atoms with Gasteiger partial charge in [-0.05, 0) is 81.3 Å². The normalized spacial score (nSPS) is 21.2. The summed E-state index contributed by atoms with van der Waals surface area (Å²) in [4.78, 5) is 57.4. The van der Waals surface area contributed by atoms with Crippen molar-refractivity contribution in [2.45, 2.75) is 84.3 Å². The Morgan fingerprint density at radius 2 is 1.59 bits per heavy atom.